The molecule has 2 aromatic rings. The molecule has 0 unspecified atom stereocenters. The Kier molecular flexibility index (Phi) is 10.0. The van der Waals surface area contributed by atoms with E-state index in [4.69, 9.17) is 5.26 Å². The molecule has 226 valence electrons. The van der Waals surface area contributed by atoms with Crippen LogP contribution in [0.2, 0.25) is 0 Å². The van der Waals surface area contributed by atoms with Gasteiger partial charge in [-0.2, -0.15) is 5.26 Å². The highest BCUT2D eigenvalue weighted by atomic mass is 19.1. The van der Waals surface area contributed by atoms with Crippen LogP contribution in [-0.4, -0.2) is 59.6 Å². The van der Waals surface area contributed by atoms with Crippen molar-refractivity contribution >= 4 is 5.97 Å². The summed E-state index contributed by atoms with van der Waals surface area (Å²) in [5.74, 6) is 0.469. The number of rotatable bonds is 10. The van der Waals surface area contributed by atoms with Gasteiger partial charge in [-0.1, -0.05) is 57.4 Å². The predicted molar refractivity (Wildman–Crippen MR) is 165 cm³/mol. The Balaban J connectivity index is 1.20. The number of nitriles is 1. The first-order chi connectivity index (χ1) is 20.2. The van der Waals surface area contributed by atoms with Crippen LogP contribution in [0.1, 0.15) is 94.2 Å². The molecule has 2 aromatic carbocycles. The fourth-order valence-electron chi connectivity index (χ4n) is 8.03. The lowest BCUT2D eigenvalue weighted by Crippen LogP contribution is -2.46. The second-order valence-corrected chi connectivity index (χ2v) is 13.9. The van der Waals surface area contributed by atoms with E-state index in [2.05, 4.69) is 41.8 Å². The average Bonchev–Trinajstić information content (AvgIpc) is 3.40. The number of halogens is 1. The molecule has 3 aliphatic rings. The third-order valence-corrected chi connectivity index (χ3v) is 10.7. The molecule has 1 aliphatic carbocycles. The van der Waals surface area contributed by atoms with Crippen molar-refractivity contribution in [2.75, 3.05) is 32.7 Å². The zero-order chi connectivity index (χ0) is 29.7. The molecule has 0 aromatic heterocycles. The van der Waals surface area contributed by atoms with E-state index >= 15 is 0 Å². The summed E-state index contributed by atoms with van der Waals surface area (Å²) >= 11 is 0. The molecular weight excluding hydrogens is 525 g/mol. The Bertz CT molecular complexity index is 1220. The topological polar surface area (TPSA) is 67.6 Å². The zero-order valence-electron chi connectivity index (χ0n) is 25.5. The standard InChI is InChI=1S/C36H48FN3O2/c1-36(2,31-13-11-27(22-38)12-14-31)18-15-26-16-19-39(20-17-26)23-30-24-40(25-33(30)29-9-6-10-32(37)21-29)34(35(41)42)28-7-4-3-5-8-28/h6,9-14,21,26,28,30,33-34H,3-5,7-8,15-20,23-25H2,1-2H3,(H,41,42)/t30-,33+,34+/m0/s1. The van der Waals surface area contributed by atoms with E-state index < -0.39 is 12.0 Å². The minimum atomic E-state index is -0.690. The Morgan fingerprint density at radius 1 is 1.05 bits per heavy atom. The first kappa shape index (κ1) is 30.7. The average molecular weight is 574 g/mol. The number of carbonyl (C=O) groups is 1. The van der Waals surface area contributed by atoms with Crippen LogP contribution in [0.25, 0.3) is 0 Å². The Morgan fingerprint density at radius 2 is 1.76 bits per heavy atom. The van der Waals surface area contributed by atoms with Gasteiger partial charge in [0, 0.05) is 25.6 Å². The van der Waals surface area contributed by atoms with Gasteiger partial charge < -0.3 is 10.0 Å². The molecule has 0 bridgehead atoms. The molecule has 42 heavy (non-hydrogen) atoms. The van der Waals surface area contributed by atoms with Crippen LogP contribution in [-0.2, 0) is 10.2 Å². The van der Waals surface area contributed by atoms with Crippen molar-refractivity contribution in [2.24, 2.45) is 17.8 Å². The van der Waals surface area contributed by atoms with E-state index in [1.807, 2.05) is 18.2 Å². The monoisotopic (exact) mass is 573 g/mol. The van der Waals surface area contributed by atoms with Crippen molar-refractivity contribution in [1.29, 1.82) is 5.26 Å². The van der Waals surface area contributed by atoms with Gasteiger partial charge in [0.15, 0.2) is 0 Å². The Labute approximate surface area is 251 Å². The summed E-state index contributed by atoms with van der Waals surface area (Å²) in [4.78, 5) is 17.4. The third-order valence-electron chi connectivity index (χ3n) is 10.7. The maximum absolute atomic E-state index is 14.3. The van der Waals surface area contributed by atoms with Crippen LogP contribution >= 0.6 is 0 Å². The highest BCUT2D eigenvalue weighted by molar-refractivity contribution is 5.74. The number of benzene rings is 2. The molecule has 1 N–H and O–H groups in total. The van der Waals surface area contributed by atoms with Crippen LogP contribution in [0.5, 0.6) is 0 Å². The van der Waals surface area contributed by atoms with Gasteiger partial charge in [0.1, 0.15) is 11.9 Å². The number of carboxylic acid groups (broad SMARTS) is 1. The molecule has 2 saturated heterocycles. The Hall–Kier alpha value is -2.75. The summed E-state index contributed by atoms with van der Waals surface area (Å²) in [6, 6.07) is 16.8. The van der Waals surface area contributed by atoms with Gasteiger partial charge in [-0.3, -0.25) is 9.69 Å². The van der Waals surface area contributed by atoms with Crippen LogP contribution in [0, 0.1) is 34.9 Å². The van der Waals surface area contributed by atoms with Gasteiger partial charge in [-0.05, 0) is 110 Å². The third kappa shape index (κ3) is 7.41. The van der Waals surface area contributed by atoms with E-state index in [1.54, 1.807) is 12.1 Å². The zero-order valence-corrected chi connectivity index (χ0v) is 25.5. The lowest BCUT2D eigenvalue weighted by atomic mass is 9.77. The summed E-state index contributed by atoms with van der Waals surface area (Å²) in [6.07, 6.45) is 10.1. The highest BCUT2D eigenvalue weighted by Gasteiger charge is 2.43. The molecule has 2 aliphatic heterocycles. The maximum atomic E-state index is 14.3. The Morgan fingerprint density at radius 3 is 2.40 bits per heavy atom. The van der Waals surface area contributed by atoms with Gasteiger partial charge in [0.25, 0.3) is 0 Å². The molecule has 1 saturated carbocycles. The highest BCUT2D eigenvalue weighted by Crippen LogP contribution is 2.39. The normalized spacial score (nSPS) is 24.0. The molecule has 0 amide bonds. The van der Waals surface area contributed by atoms with E-state index in [9.17, 15) is 14.3 Å². The largest absolute Gasteiger partial charge is 0.480 e. The predicted octanol–water partition coefficient (Wildman–Crippen LogP) is 7.22. The molecule has 0 radical (unpaired) electrons. The van der Waals surface area contributed by atoms with E-state index in [-0.39, 0.29) is 23.1 Å². The van der Waals surface area contributed by atoms with Crippen LogP contribution in [0.4, 0.5) is 4.39 Å². The summed E-state index contributed by atoms with van der Waals surface area (Å²) in [5, 5.41) is 19.4. The fourth-order valence-corrected chi connectivity index (χ4v) is 8.03. The van der Waals surface area contributed by atoms with Crippen molar-refractivity contribution in [3.63, 3.8) is 0 Å². The van der Waals surface area contributed by atoms with Crippen molar-refractivity contribution in [3.8, 4) is 6.07 Å². The number of hydrogen-bond donors (Lipinski definition) is 1. The summed E-state index contributed by atoms with van der Waals surface area (Å²) < 4.78 is 14.3. The van der Waals surface area contributed by atoms with Gasteiger partial charge >= 0.3 is 5.97 Å². The first-order valence-corrected chi connectivity index (χ1v) is 16.2. The van der Waals surface area contributed by atoms with E-state index in [0.29, 0.717) is 23.9 Å². The molecule has 0 spiro atoms. The molecule has 5 nitrogen and oxygen atoms in total. The second-order valence-electron chi connectivity index (χ2n) is 13.9. The molecular formula is C36H48FN3O2. The fraction of sp³-hybridized carbons (Fsp3) is 0.611. The van der Waals surface area contributed by atoms with E-state index in [0.717, 1.165) is 63.8 Å². The number of aliphatic carboxylic acids is 1. The van der Waals surface area contributed by atoms with Crippen molar-refractivity contribution in [3.05, 3.63) is 71.0 Å². The summed E-state index contributed by atoms with van der Waals surface area (Å²) in [6.45, 7) is 9.16. The molecule has 5 rings (SSSR count). The molecule has 6 heteroatoms. The number of likely N-dealkylation sites (tertiary alicyclic amines) is 2. The summed E-state index contributed by atoms with van der Waals surface area (Å²) in [7, 11) is 0. The lowest BCUT2D eigenvalue weighted by molar-refractivity contribution is -0.145. The number of nitrogens with zero attached hydrogens (tertiary/aromatic N) is 3. The molecule has 3 fully saturated rings. The van der Waals surface area contributed by atoms with Gasteiger partial charge in [-0.15, -0.1) is 0 Å². The summed E-state index contributed by atoms with van der Waals surface area (Å²) in [5.41, 5.74) is 3.09. The van der Waals surface area contributed by atoms with E-state index in [1.165, 1.54) is 37.3 Å². The van der Waals surface area contributed by atoms with Crippen LogP contribution in [0.15, 0.2) is 48.5 Å². The maximum Gasteiger partial charge on any atom is 0.321 e. The quantitative estimate of drug-likeness (QED) is 0.325. The number of piperidine rings is 1. The SMILES string of the molecule is CC(C)(CCC1CCN(C[C@H]2CN([C@@H](C(=O)O)C3CCCCC3)C[C@@H]2c2cccc(F)c2)CC1)c1ccc(C#N)cc1. The number of hydrogen-bond acceptors (Lipinski definition) is 4. The van der Waals surface area contributed by atoms with Crippen LogP contribution < -0.4 is 0 Å². The minimum Gasteiger partial charge on any atom is -0.480 e. The minimum absolute atomic E-state index is 0.0790. The lowest BCUT2D eigenvalue weighted by Gasteiger charge is -2.36. The van der Waals surface area contributed by atoms with Crippen LogP contribution in [0.3, 0.4) is 0 Å². The molecule has 2 heterocycles. The van der Waals surface area contributed by atoms with Gasteiger partial charge in [0.2, 0.25) is 0 Å². The van der Waals surface area contributed by atoms with Gasteiger partial charge in [0.05, 0.1) is 11.6 Å². The second kappa shape index (κ2) is 13.7. The van der Waals surface area contributed by atoms with Crippen molar-refractivity contribution in [1.82, 2.24) is 9.80 Å². The van der Waals surface area contributed by atoms with Crippen molar-refractivity contribution in [2.45, 2.75) is 89.0 Å². The number of carboxylic acids is 1. The molecule has 3 atom stereocenters. The van der Waals surface area contributed by atoms with Crippen molar-refractivity contribution < 1.29 is 14.3 Å². The van der Waals surface area contributed by atoms with Gasteiger partial charge in [-0.25, -0.2) is 4.39 Å². The first-order valence-electron chi connectivity index (χ1n) is 16.2. The smallest absolute Gasteiger partial charge is 0.321 e.